The normalized spacial score (nSPS) is 12.0. The molecule has 0 aliphatic carbocycles. The van der Waals surface area contributed by atoms with Crippen LogP contribution in [0.5, 0.6) is 0 Å². The number of rotatable bonds is 5. The summed E-state index contributed by atoms with van der Waals surface area (Å²) in [5.41, 5.74) is 2.26. The molecular weight excluding hydrogens is 360 g/mol. The lowest BCUT2D eigenvalue weighted by Crippen LogP contribution is -2.06. The SMILES string of the molecule is CN=Cc1n[nH]nc1-c1cccc(CCc2cc(F)cc(C(F)(F)F)c2)c1. The molecule has 0 spiro atoms. The van der Waals surface area contributed by atoms with Gasteiger partial charge >= 0.3 is 6.18 Å². The third kappa shape index (κ3) is 4.58. The Morgan fingerprint density at radius 3 is 2.56 bits per heavy atom. The second kappa shape index (κ2) is 7.69. The first-order valence-electron chi connectivity index (χ1n) is 8.15. The van der Waals surface area contributed by atoms with Gasteiger partial charge in [0.25, 0.3) is 0 Å². The molecule has 1 N–H and O–H groups in total. The smallest absolute Gasteiger partial charge is 0.294 e. The minimum atomic E-state index is -4.57. The highest BCUT2D eigenvalue weighted by Gasteiger charge is 2.31. The van der Waals surface area contributed by atoms with Gasteiger partial charge in [0.15, 0.2) is 0 Å². The molecule has 0 bridgehead atoms. The topological polar surface area (TPSA) is 53.9 Å². The predicted molar refractivity (Wildman–Crippen MR) is 94.1 cm³/mol. The second-order valence-corrected chi connectivity index (χ2v) is 5.99. The summed E-state index contributed by atoms with van der Waals surface area (Å²) in [5.74, 6) is -0.889. The molecule has 0 unspecified atom stereocenters. The Kier molecular flexibility index (Phi) is 5.34. The summed E-state index contributed by atoms with van der Waals surface area (Å²) in [6.45, 7) is 0. The van der Waals surface area contributed by atoms with Crippen LogP contribution in [0.25, 0.3) is 11.3 Å². The lowest BCUT2D eigenvalue weighted by molar-refractivity contribution is -0.137. The van der Waals surface area contributed by atoms with Crippen molar-refractivity contribution in [1.29, 1.82) is 0 Å². The Morgan fingerprint density at radius 2 is 1.81 bits per heavy atom. The van der Waals surface area contributed by atoms with Gasteiger partial charge in [0.2, 0.25) is 0 Å². The van der Waals surface area contributed by atoms with E-state index in [0.717, 1.165) is 23.3 Å². The molecule has 0 radical (unpaired) electrons. The van der Waals surface area contributed by atoms with Crippen molar-refractivity contribution in [3.63, 3.8) is 0 Å². The zero-order chi connectivity index (χ0) is 19.4. The Bertz CT molecular complexity index is 960. The number of benzene rings is 2. The van der Waals surface area contributed by atoms with E-state index >= 15 is 0 Å². The van der Waals surface area contributed by atoms with Crippen molar-refractivity contribution in [3.8, 4) is 11.3 Å². The van der Waals surface area contributed by atoms with E-state index in [1.54, 1.807) is 13.3 Å². The van der Waals surface area contributed by atoms with Gasteiger partial charge in [-0.15, -0.1) is 0 Å². The van der Waals surface area contributed by atoms with Crippen molar-refractivity contribution in [2.24, 2.45) is 4.99 Å². The molecule has 3 rings (SSSR count). The van der Waals surface area contributed by atoms with Crippen LogP contribution >= 0.6 is 0 Å². The molecule has 4 nitrogen and oxygen atoms in total. The number of alkyl halides is 3. The van der Waals surface area contributed by atoms with E-state index in [0.29, 0.717) is 29.4 Å². The van der Waals surface area contributed by atoms with Gasteiger partial charge in [-0.1, -0.05) is 18.2 Å². The summed E-state index contributed by atoms with van der Waals surface area (Å²) in [4.78, 5) is 3.92. The second-order valence-electron chi connectivity index (χ2n) is 5.99. The number of aromatic amines is 1. The monoisotopic (exact) mass is 376 g/mol. The molecule has 0 fully saturated rings. The third-order valence-electron chi connectivity index (χ3n) is 4.01. The minimum Gasteiger partial charge on any atom is -0.294 e. The van der Waals surface area contributed by atoms with Crippen LogP contribution in [0.4, 0.5) is 17.6 Å². The number of aryl methyl sites for hydroxylation is 2. The molecule has 27 heavy (non-hydrogen) atoms. The standard InChI is InChI=1S/C19H16F4N4/c1-24-11-17-18(26-27-25-17)14-4-2-3-12(7-14)5-6-13-8-15(19(21,22)23)10-16(20)9-13/h2-4,7-11H,5-6H2,1H3,(H,25,26,27). The summed E-state index contributed by atoms with van der Waals surface area (Å²) in [5, 5.41) is 10.7. The first-order chi connectivity index (χ1) is 12.9. The van der Waals surface area contributed by atoms with E-state index in [1.165, 1.54) is 0 Å². The van der Waals surface area contributed by atoms with E-state index in [-0.39, 0.29) is 6.42 Å². The quantitative estimate of drug-likeness (QED) is 0.528. The van der Waals surface area contributed by atoms with Crippen LogP contribution in [0, 0.1) is 5.82 Å². The summed E-state index contributed by atoms with van der Waals surface area (Å²) in [6.07, 6.45) is -2.24. The van der Waals surface area contributed by atoms with E-state index in [4.69, 9.17) is 0 Å². The average molecular weight is 376 g/mol. The number of nitrogens with zero attached hydrogens (tertiary/aromatic N) is 3. The van der Waals surface area contributed by atoms with E-state index in [9.17, 15) is 17.6 Å². The molecule has 0 aliphatic rings. The number of aliphatic imine (C=N–C) groups is 1. The van der Waals surface area contributed by atoms with Crippen LogP contribution in [-0.2, 0) is 19.0 Å². The molecule has 1 heterocycles. The molecule has 140 valence electrons. The Morgan fingerprint density at radius 1 is 1.04 bits per heavy atom. The molecule has 0 saturated carbocycles. The van der Waals surface area contributed by atoms with E-state index < -0.39 is 17.6 Å². The van der Waals surface area contributed by atoms with E-state index in [2.05, 4.69) is 20.4 Å². The minimum absolute atomic E-state index is 0.284. The fourth-order valence-corrected chi connectivity index (χ4v) is 2.79. The Balaban J connectivity index is 1.80. The average Bonchev–Trinajstić information content (AvgIpc) is 3.08. The molecule has 3 aromatic rings. The van der Waals surface area contributed by atoms with Gasteiger partial charge in [0.05, 0.1) is 11.8 Å². The largest absolute Gasteiger partial charge is 0.416 e. The zero-order valence-corrected chi connectivity index (χ0v) is 14.4. The van der Waals surface area contributed by atoms with Crippen LogP contribution in [0.15, 0.2) is 47.5 Å². The molecular formula is C19H16F4N4. The Hall–Kier alpha value is -3.03. The van der Waals surface area contributed by atoms with Crippen molar-refractivity contribution < 1.29 is 17.6 Å². The van der Waals surface area contributed by atoms with Crippen molar-refractivity contribution in [1.82, 2.24) is 15.4 Å². The lowest BCUT2D eigenvalue weighted by Gasteiger charge is -2.10. The Labute approximate surface area is 153 Å². The van der Waals surface area contributed by atoms with E-state index in [1.807, 2.05) is 24.3 Å². The third-order valence-corrected chi connectivity index (χ3v) is 4.01. The summed E-state index contributed by atoms with van der Waals surface area (Å²) in [7, 11) is 1.63. The highest BCUT2D eigenvalue weighted by Crippen LogP contribution is 2.30. The molecule has 8 heteroatoms. The zero-order valence-electron chi connectivity index (χ0n) is 14.4. The number of hydrogen-bond acceptors (Lipinski definition) is 3. The first-order valence-corrected chi connectivity index (χ1v) is 8.15. The fraction of sp³-hybridized carbons (Fsp3) is 0.211. The molecule has 2 aromatic carbocycles. The van der Waals surface area contributed by atoms with Gasteiger partial charge in [-0.2, -0.15) is 28.6 Å². The van der Waals surface area contributed by atoms with Gasteiger partial charge in [0, 0.05) is 12.6 Å². The maximum Gasteiger partial charge on any atom is 0.416 e. The fourth-order valence-electron chi connectivity index (χ4n) is 2.79. The number of hydrogen-bond donors (Lipinski definition) is 1. The number of H-pyrrole nitrogens is 1. The summed E-state index contributed by atoms with van der Waals surface area (Å²) >= 11 is 0. The van der Waals surface area contributed by atoms with Crippen LogP contribution in [0.2, 0.25) is 0 Å². The first kappa shape index (κ1) is 18.8. The van der Waals surface area contributed by atoms with Crippen LogP contribution in [0.3, 0.4) is 0 Å². The number of nitrogens with one attached hydrogen (secondary N) is 1. The molecule has 0 saturated heterocycles. The summed E-state index contributed by atoms with van der Waals surface area (Å²) in [6, 6.07) is 10.1. The number of aromatic nitrogens is 3. The molecule has 1 aromatic heterocycles. The number of halogens is 4. The maximum absolute atomic E-state index is 13.5. The highest BCUT2D eigenvalue weighted by molar-refractivity contribution is 5.86. The predicted octanol–water partition coefficient (Wildman–Crippen LogP) is 4.46. The molecule has 0 amide bonds. The summed E-state index contributed by atoms with van der Waals surface area (Å²) < 4.78 is 52.0. The molecule has 0 aliphatic heterocycles. The highest BCUT2D eigenvalue weighted by atomic mass is 19.4. The van der Waals surface area contributed by atoms with Crippen molar-refractivity contribution in [2.45, 2.75) is 19.0 Å². The van der Waals surface area contributed by atoms with Crippen molar-refractivity contribution >= 4 is 6.21 Å². The van der Waals surface area contributed by atoms with Crippen LogP contribution in [-0.4, -0.2) is 28.7 Å². The van der Waals surface area contributed by atoms with Gasteiger partial charge in [-0.25, -0.2) is 4.39 Å². The van der Waals surface area contributed by atoms with Crippen molar-refractivity contribution in [3.05, 3.63) is 70.7 Å². The molecule has 0 atom stereocenters. The van der Waals surface area contributed by atoms with Gasteiger partial charge in [-0.3, -0.25) is 4.99 Å². The maximum atomic E-state index is 13.5. The van der Waals surface area contributed by atoms with Gasteiger partial charge in [0.1, 0.15) is 17.2 Å². The van der Waals surface area contributed by atoms with Crippen molar-refractivity contribution in [2.75, 3.05) is 7.05 Å². The lowest BCUT2D eigenvalue weighted by atomic mass is 9.99. The van der Waals surface area contributed by atoms with Gasteiger partial charge < -0.3 is 0 Å². The van der Waals surface area contributed by atoms with Crippen LogP contribution in [0.1, 0.15) is 22.4 Å². The van der Waals surface area contributed by atoms with Gasteiger partial charge in [-0.05, 0) is 48.2 Å². The van der Waals surface area contributed by atoms with Crippen LogP contribution < -0.4 is 0 Å².